The third-order valence-electron chi connectivity index (χ3n) is 3.20. The SMILES string of the molecule is CCc1cc(NCCN2CCNCC2)nc(C)n1. The number of hydrogen-bond acceptors (Lipinski definition) is 5. The quantitative estimate of drug-likeness (QED) is 0.803. The zero-order chi connectivity index (χ0) is 12.8. The molecule has 100 valence electrons. The van der Waals surface area contributed by atoms with Gasteiger partial charge in [-0.05, 0) is 13.3 Å². The molecule has 1 aromatic heterocycles. The zero-order valence-corrected chi connectivity index (χ0v) is 11.4. The van der Waals surface area contributed by atoms with Crippen molar-refractivity contribution in [3.8, 4) is 0 Å². The van der Waals surface area contributed by atoms with Crippen molar-refractivity contribution in [2.24, 2.45) is 0 Å². The summed E-state index contributed by atoms with van der Waals surface area (Å²) in [6.45, 7) is 10.6. The van der Waals surface area contributed by atoms with Gasteiger partial charge in [-0.2, -0.15) is 0 Å². The third kappa shape index (κ3) is 3.92. The van der Waals surface area contributed by atoms with Crippen LogP contribution in [0.15, 0.2) is 6.07 Å². The molecule has 1 saturated heterocycles. The first-order chi connectivity index (χ1) is 8.78. The molecule has 1 fully saturated rings. The molecule has 0 spiro atoms. The van der Waals surface area contributed by atoms with Crippen LogP contribution in [0.2, 0.25) is 0 Å². The van der Waals surface area contributed by atoms with Gasteiger partial charge >= 0.3 is 0 Å². The Bertz CT molecular complexity index is 374. The predicted octanol–water partition coefficient (Wildman–Crippen LogP) is 0.665. The van der Waals surface area contributed by atoms with E-state index in [-0.39, 0.29) is 0 Å². The highest BCUT2D eigenvalue weighted by atomic mass is 15.2. The topological polar surface area (TPSA) is 53.1 Å². The van der Waals surface area contributed by atoms with Crippen LogP contribution in [0.1, 0.15) is 18.4 Å². The first-order valence-electron chi connectivity index (χ1n) is 6.79. The second kappa shape index (κ2) is 6.66. The molecule has 2 heterocycles. The van der Waals surface area contributed by atoms with Crippen LogP contribution in [-0.2, 0) is 6.42 Å². The van der Waals surface area contributed by atoms with Gasteiger partial charge in [0.05, 0.1) is 0 Å². The summed E-state index contributed by atoms with van der Waals surface area (Å²) in [6, 6.07) is 2.05. The van der Waals surface area contributed by atoms with Crippen molar-refractivity contribution in [2.45, 2.75) is 20.3 Å². The number of anilines is 1. The first kappa shape index (κ1) is 13.2. The van der Waals surface area contributed by atoms with Crippen molar-refractivity contribution in [3.05, 3.63) is 17.6 Å². The van der Waals surface area contributed by atoms with Gasteiger partial charge in [0, 0.05) is 51.0 Å². The average Bonchev–Trinajstić information content (AvgIpc) is 2.39. The Morgan fingerprint density at radius 2 is 2.11 bits per heavy atom. The lowest BCUT2D eigenvalue weighted by atomic mass is 10.3. The summed E-state index contributed by atoms with van der Waals surface area (Å²) in [5.41, 5.74) is 1.10. The minimum absolute atomic E-state index is 0.846. The molecule has 5 nitrogen and oxygen atoms in total. The normalized spacial score (nSPS) is 16.8. The van der Waals surface area contributed by atoms with Gasteiger partial charge < -0.3 is 10.6 Å². The summed E-state index contributed by atoms with van der Waals surface area (Å²) >= 11 is 0. The smallest absolute Gasteiger partial charge is 0.129 e. The molecule has 0 unspecified atom stereocenters. The number of rotatable bonds is 5. The van der Waals surface area contributed by atoms with Gasteiger partial charge in [-0.1, -0.05) is 6.92 Å². The number of nitrogens with zero attached hydrogens (tertiary/aromatic N) is 3. The van der Waals surface area contributed by atoms with Crippen LogP contribution in [-0.4, -0.2) is 54.1 Å². The zero-order valence-electron chi connectivity index (χ0n) is 11.4. The van der Waals surface area contributed by atoms with Crippen LogP contribution in [0.5, 0.6) is 0 Å². The second-order valence-electron chi connectivity index (χ2n) is 4.66. The molecule has 2 rings (SSSR count). The lowest BCUT2D eigenvalue weighted by molar-refractivity contribution is 0.249. The van der Waals surface area contributed by atoms with Crippen LogP contribution in [0.4, 0.5) is 5.82 Å². The molecule has 1 aliphatic rings. The standard InChI is InChI=1S/C13H23N5/c1-3-12-10-13(17-11(2)16-12)15-6-9-18-7-4-14-5-8-18/h10,14H,3-9H2,1-2H3,(H,15,16,17). The predicted molar refractivity (Wildman–Crippen MR) is 73.9 cm³/mol. The van der Waals surface area contributed by atoms with Crippen LogP contribution in [0, 0.1) is 6.92 Å². The fourth-order valence-electron chi connectivity index (χ4n) is 2.18. The van der Waals surface area contributed by atoms with Crippen LogP contribution in [0.3, 0.4) is 0 Å². The van der Waals surface area contributed by atoms with E-state index in [4.69, 9.17) is 0 Å². The van der Waals surface area contributed by atoms with Crippen LogP contribution in [0.25, 0.3) is 0 Å². The maximum atomic E-state index is 4.41. The van der Waals surface area contributed by atoms with Crippen LogP contribution >= 0.6 is 0 Å². The first-order valence-corrected chi connectivity index (χ1v) is 6.79. The van der Waals surface area contributed by atoms with Gasteiger partial charge in [0.25, 0.3) is 0 Å². The van der Waals surface area contributed by atoms with E-state index in [1.165, 1.54) is 0 Å². The average molecular weight is 249 g/mol. The van der Waals surface area contributed by atoms with Gasteiger partial charge in [0.15, 0.2) is 0 Å². The van der Waals surface area contributed by atoms with Gasteiger partial charge in [-0.3, -0.25) is 4.90 Å². The minimum atomic E-state index is 0.846. The summed E-state index contributed by atoms with van der Waals surface area (Å²) in [5, 5.41) is 6.76. The fourth-order valence-corrected chi connectivity index (χ4v) is 2.18. The summed E-state index contributed by atoms with van der Waals surface area (Å²) in [7, 11) is 0. The van der Waals surface area contributed by atoms with Crippen molar-refractivity contribution >= 4 is 5.82 Å². The molecule has 0 atom stereocenters. The lowest BCUT2D eigenvalue weighted by Crippen LogP contribution is -2.45. The molecule has 0 radical (unpaired) electrons. The number of nitrogens with one attached hydrogen (secondary N) is 2. The van der Waals surface area contributed by atoms with E-state index in [2.05, 4.69) is 32.4 Å². The summed E-state index contributed by atoms with van der Waals surface area (Å²) < 4.78 is 0. The van der Waals surface area contributed by atoms with E-state index >= 15 is 0 Å². The highest BCUT2D eigenvalue weighted by molar-refractivity contribution is 5.35. The number of hydrogen-bond donors (Lipinski definition) is 2. The minimum Gasteiger partial charge on any atom is -0.369 e. The molecule has 0 bridgehead atoms. The monoisotopic (exact) mass is 249 g/mol. The fraction of sp³-hybridized carbons (Fsp3) is 0.692. The number of aryl methyl sites for hydroxylation is 2. The Morgan fingerprint density at radius 1 is 1.33 bits per heavy atom. The lowest BCUT2D eigenvalue weighted by Gasteiger charge is -2.27. The molecule has 0 aliphatic carbocycles. The molecule has 5 heteroatoms. The van der Waals surface area contributed by atoms with Crippen molar-refractivity contribution in [2.75, 3.05) is 44.6 Å². The van der Waals surface area contributed by atoms with Gasteiger partial charge in [0.2, 0.25) is 0 Å². The molecule has 0 amide bonds. The molecular weight excluding hydrogens is 226 g/mol. The third-order valence-corrected chi connectivity index (χ3v) is 3.20. The second-order valence-corrected chi connectivity index (χ2v) is 4.66. The van der Waals surface area contributed by atoms with E-state index in [9.17, 15) is 0 Å². The van der Waals surface area contributed by atoms with E-state index in [0.717, 1.165) is 63.0 Å². The molecule has 0 saturated carbocycles. The van der Waals surface area contributed by atoms with Crippen molar-refractivity contribution in [1.82, 2.24) is 20.2 Å². The highest BCUT2D eigenvalue weighted by Gasteiger charge is 2.08. The number of aromatic nitrogens is 2. The van der Waals surface area contributed by atoms with Gasteiger partial charge in [-0.15, -0.1) is 0 Å². The van der Waals surface area contributed by atoms with E-state index in [1.807, 2.05) is 13.0 Å². The maximum Gasteiger partial charge on any atom is 0.129 e. The Labute approximate surface area is 109 Å². The summed E-state index contributed by atoms with van der Waals surface area (Å²) in [6.07, 6.45) is 0.954. The Kier molecular flexibility index (Phi) is 4.90. The van der Waals surface area contributed by atoms with Crippen molar-refractivity contribution < 1.29 is 0 Å². The molecule has 18 heavy (non-hydrogen) atoms. The van der Waals surface area contributed by atoms with Crippen molar-refractivity contribution in [3.63, 3.8) is 0 Å². The van der Waals surface area contributed by atoms with Gasteiger partial charge in [-0.25, -0.2) is 9.97 Å². The highest BCUT2D eigenvalue weighted by Crippen LogP contribution is 2.06. The molecule has 2 N–H and O–H groups in total. The molecule has 1 aromatic rings. The molecule has 0 aromatic carbocycles. The summed E-state index contributed by atoms with van der Waals surface area (Å²) in [5.74, 6) is 1.80. The number of piperazine rings is 1. The Hall–Kier alpha value is -1.20. The van der Waals surface area contributed by atoms with E-state index < -0.39 is 0 Å². The van der Waals surface area contributed by atoms with Crippen LogP contribution < -0.4 is 10.6 Å². The largest absolute Gasteiger partial charge is 0.369 e. The Balaban J connectivity index is 1.80. The molecular formula is C13H23N5. The van der Waals surface area contributed by atoms with E-state index in [0.29, 0.717) is 0 Å². The van der Waals surface area contributed by atoms with E-state index in [1.54, 1.807) is 0 Å². The van der Waals surface area contributed by atoms with Crippen molar-refractivity contribution in [1.29, 1.82) is 0 Å². The maximum absolute atomic E-state index is 4.41. The van der Waals surface area contributed by atoms with Gasteiger partial charge in [0.1, 0.15) is 11.6 Å². The summed E-state index contributed by atoms with van der Waals surface area (Å²) in [4.78, 5) is 11.3. The Morgan fingerprint density at radius 3 is 2.83 bits per heavy atom. The molecule has 1 aliphatic heterocycles.